The highest BCUT2D eigenvalue weighted by Crippen LogP contribution is 2.16. The normalized spacial score (nSPS) is 10.6. The van der Waals surface area contributed by atoms with E-state index in [2.05, 4.69) is 76.7 Å². The van der Waals surface area contributed by atoms with Gasteiger partial charge in [0, 0.05) is 55.7 Å². The molecule has 1 aromatic carbocycles. The van der Waals surface area contributed by atoms with Crippen LogP contribution in [0.5, 0.6) is 0 Å². The summed E-state index contributed by atoms with van der Waals surface area (Å²) in [7, 11) is 0. The summed E-state index contributed by atoms with van der Waals surface area (Å²) in [4.78, 5) is 14.2. The van der Waals surface area contributed by atoms with Gasteiger partial charge in [0.15, 0.2) is 5.11 Å². The van der Waals surface area contributed by atoms with Crippen molar-refractivity contribution in [3.63, 3.8) is 0 Å². The number of hydrogen-bond acceptors (Lipinski definition) is 4. The second-order valence-corrected chi connectivity index (χ2v) is 8.24. The molecule has 2 aromatic heterocycles. The third-order valence-corrected chi connectivity index (χ3v) is 5.40. The van der Waals surface area contributed by atoms with Crippen LogP contribution in [0.25, 0.3) is 0 Å². The van der Waals surface area contributed by atoms with Crippen molar-refractivity contribution in [3.05, 3.63) is 76.9 Å². The lowest BCUT2D eigenvalue weighted by molar-refractivity contribution is 0.689. The predicted molar refractivity (Wildman–Crippen MR) is 130 cm³/mol. The van der Waals surface area contributed by atoms with Crippen LogP contribution >= 0.6 is 28.1 Å². The molecule has 2 heterocycles. The number of nitrogens with zero attached hydrogens (tertiary/aromatic N) is 3. The molecule has 0 radical (unpaired) electrons. The zero-order valence-corrected chi connectivity index (χ0v) is 19.3. The van der Waals surface area contributed by atoms with E-state index in [1.54, 1.807) is 6.20 Å². The van der Waals surface area contributed by atoms with Gasteiger partial charge in [-0.2, -0.15) is 0 Å². The first-order valence-corrected chi connectivity index (χ1v) is 11.3. The summed E-state index contributed by atoms with van der Waals surface area (Å²) in [6.07, 6.45) is 8.32. The number of hydrogen-bond donors (Lipinski definition) is 3. The van der Waals surface area contributed by atoms with Gasteiger partial charge in [-0.25, -0.2) is 9.97 Å². The van der Waals surface area contributed by atoms with E-state index in [1.807, 2.05) is 24.5 Å². The highest BCUT2D eigenvalue weighted by Gasteiger charge is 2.08. The van der Waals surface area contributed by atoms with Gasteiger partial charge in [0.2, 0.25) is 0 Å². The second kappa shape index (κ2) is 12.3. The van der Waals surface area contributed by atoms with Gasteiger partial charge in [-0.3, -0.25) is 0 Å². The number of H-pyrrole nitrogens is 1. The molecule has 8 heteroatoms. The van der Waals surface area contributed by atoms with Crippen molar-refractivity contribution in [2.45, 2.75) is 25.8 Å². The molecule has 3 aromatic rings. The fraction of sp³-hybridized carbons (Fsp3) is 0.318. The van der Waals surface area contributed by atoms with E-state index in [1.165, 1.54) is 5.56 Å². The summed E-state index contributed by atoms with van der Waals surface area (Å²) in [6.45, 7) is 3.35. The van der Waals surface area contributed by atoms with Gasteiger partial charge in [-0.1, -0.05) is 34.1 Å². The van der Waals surface area contributed by atoms with E-state index < -0.39 is 0 Å². The molecule has 0 bridgehead atoms. The molecule has 0 amide bonds. The minimum Gasteiger partial charge on any atom is -0.363 e. The van der Waals surface area contributed by atoms with Crippen molar-refractivity contribution < 1.29 is 0 Å². The Hall–Kier alpha value is -2.45. The third kappa shape index (κ3) is 7.76. The highest BCUT2D eigenvalue weighted by atomic mass is 79.9. The fourth-order valence-corrected chi connectivity index (χ4v) is 3.52. The molecule has 0 aliphatic rings. The van der Waals surface area contributed by atoms with Crippen molar-refractivity contribution in [2.75, 3.05) is 24.5 Å². The molecular weight excluding hydrogens is 460 g/mol. The lowest BCUT2D eigenvalue weighted by atomic mass is 10.2. The first kappa shape index (κ1) is 22.2. The van der Waals surface area contributed by atoms with E-state index in [0.717, 1.165) is 61.6 Å². The number of aromatic nitrogens is 3. The SMILES string of the molecule is S=C(NCCCc1ncc[nH]1)NCCCN(Cc1ccc(Br)cc1)c1ccccn1. The zero-order valence-electron chi connectivity index (χ0n) is 16.9. The van der Waals surface area contributed by atoms with Gasteiger partial charge in [-0.15, -0.1) is 0 Å². The number of halogens is 1. The van der Waals surface area contributed by atoms with E-state index >= 15 is 0 Å². The van der Waals surface area contributed by atoms with E-state index in [4.69, 9.17) is 12.2 Å². The molecule has 0 unspecified atom stereocenters. The maximum absolute atomic E-state index is 5.38. The molecule has 0 saturated heterocycles. The smallest absolute Gasteiger partial charge is 0.166 e. The van der Waals surface area contributed by atoms with Crippen LogP contribution in [0.2, 0.25) is 0 Å². The van der Waals surface area contributed by atoms with Crippen molar-refractivity contribution in [1.29, 1.82) is 0 Å². The Balaban J connectivity index is 1.39. The number of anilines is 1. The molecule has 3 N–H and O–H groups in total. The van der Waals surface area contributed by atoms with Crippen LogP contribution in [-0.4, -0.2) is 39.7 Å². The summed E-state index contributed by atoms with van der Waals surface area (Å²) >= 11 is 8.88. The standard InChI is InChI=1S/C22H27BrN6S/c23-19-9-7-18(8-10-19)17-29(21-6-1-2-11-26-21)16-4-13-28-22(30)27-12-3-5-20-24-14-15-25-20/h1-2,6-11,14-15H,3-5,12-13,16-17H2,(H,24,25)(H2,27,28,30). The summed E-state index contributed by atoms with van der Waals surface area (Å²) in [6, 6.07) is 14.4. The summed E-state index contributed by atoms with van der Waals surface area (Å²) in [5.41, 5.74) is 1.26. The van der Waals surface area contributed by atoms with Gasteiger partial charge in [-0.05, 0) is 54.9 Å². The largest absolute Gasteiger partial charge is 0.363 e. The Bertz CT molecular complexity index is 870. The first-order valence-electron chi connectivity index (χ1n) is 10.1. The van der Waals surface area contributed by atoms with Crippen LogP contribution in [-0.2, 0) is 13.0 Å². The number of rotatable bonds is 11. The van der Waals surface area contributed by atoms with Crippen LogP contribution in [0.1, 0.15) is 24.2 Å². The predicted octanol–water partition coefficient (Wildman–Crippen LogP) is 4.06. The molecule has 0 aliphatic carbocycles. The molecule has 158 valence electrons. The maximum atomic E-state index is 5.38. The molecule has 0 atom stereocenters. The Labute approximate surface area is 191 Å². The summed E-state index contributed by atoms with van der Waals surface area (Å²) < 4.78 is 1.09. The lowest BCUT2D eigenvalue weighted by Crippen LogP contribution is -2.37. The molecule has 6 nitrogen and oxygen atoms in total. The van der Waals surface area contributed by atoms with Gasteiger partial charge < -0.3 is 20.5 Å². The summed E-state index contributed by atoms with van der Waals surface area (Å²) in [5, 5.41) is 7.26. The Kier molecular flexibility index (Phi) is 9.11. The first-order chi connectivity index (χ1) is 14.7. The van der Waals surface area contributed by atoms with Crippen molar-refractivity contribution in [3.8, 4) is 0 Å². The van der Waals surface area contributed by atoms with Crippen LogP contribution in [0.3, 0.4) is 0 Å². The number of thiocarbonyl (C=S) groups is 1. The number of benzene rings is 1. The Morgan fingerprint density at radius 3 is 2.50 bits per heavy atom. The van der Waals surface area contributed by atoms with Gasteiger partial charge in [0.25, 0.3) is 0 Å². The van der Waals surface area contributed by atoms with E-state index in [0.29, 0.717) is 5.11 Å². The molecule has 0 aliphatic heterocycles. The number of nitrogens with one attached hydrogen (secondary N) is 3. The molecular formula is C22H27BrN6S. The second-order valence-electron chi connectivity index (χ2n) is 6.91. The Morgan fingerprint density at radius 2 is 1.80 bits per heavy atom. The van der Waals surface area contributed by atoms with Crippen LogP contribution in [0, 0.1) is 0 Å². The van der Waals surface area contributed by atoms with E-state index in [-0.39, 0.29) is 0 Å². The third-order valence-electron chi connectivity index (χ3n) is 4.58. The molecule has 0 fully saturated rings. The molecule has 30 heavy (non-hydrogen) atoms. The topological polar surface area (TPSA) is 68.9 Å². The van der Waals surface area contributed by atoms with Gasteiger partial charge in [0.05, 0.1) is 0 Å². The van der Waals surface area contributed by atoms with Crippen molar-refractivity contribution in [1.82, 2.24) is 25.6 Å². The monoisotopic (exact) mass is 486 g/mol. The van der Waals surface area contributed by atoms with E-state index in [9.17, 15) is 0 Å². The average Bonchev–Trinajstić information content (AvgIpc) is 3.29. The average molecular weight is 487 g/mol. The van der Waals surface area contributed by atoms with Crippen LogP contribution in [0.15, 0.2) is 65.5 Å². The van der Waals surface area contributed by atoms with Crippen molar-refractivity contribution >= 4 is 39.1 Å². The Morgan fingerprint density at radius 1 is 1.00 bits per heavy atom. The summed E-state index contributed by atoms with van der Waals surface area (Å²) in [5.74, 6) is 2.00. The minimum atomic E-state index is 0.701. The quantitative estimate of drug-likeness (QED) is 0.280. The lowest BCUT2D eigenvalue weighted by Gasteiger charge is -2.24. The molecule has 0 saturated carbocycles. The number of imidazole rings is 1. The number of aryl methyl sites for hydroxylation is 1. The molecule has 3 rings (SSSR count). The number of pyridine rings is 1. The van der Waals surface area contributed by atoms with Crippen LogP contribution < -0.4 is 15.5 Å². The fourth-order valence-electron chi connectivity index (χ4n) is 3.05. The van der Waals surface area contributed by atoms with Gasteiger partial charge in [0.1, 0.15) is 11.6 Å². The van der Waals surface area contributed by atoms with Crippen LogP contribution in [0.4, 0.5) is 5.82 Å². The number of aromatic amines is 1. The highest BCUT2D eigenvalue weighted by molar-refractivity contribution is 9.10. The maximum Gasteiger partial charge on any atom is 0.166 e. The van der Waals surface area contributed by atoms with Gasteiger partial charge >= 0.3 is 0 Å². The minimum absolute atomic E-state index is 0.701. The van der Waals surface area contributed by atoms with Crippen molar-refractivity contribution in [2.24, 2.45) is 0 Å². The zero-order chi connectivity index (χ0) is 21.0. The molecule has 0 spiro atoms.